The highest BCUT2D eigenvalue weighted by atomic mass is 16.2. The first-order chi connectivity index (χ1) is 5.27. The highest BCUT2D eigenvalue weighted by Crippen LogP contribution is 2.10. The normalized spacial score (nSPS) is 25.8. The minimum Gasteiger partial charge on any atom is -0.343 e. The van der Waals surface area contributed by atoms with Crippen molar-refractivity contribution in [1.29, 1.82) is 0 Å². The first-order valence-corrected chi connectivity index (χ1v) is 4.23. The maximum absolute atomic E-state index is 11.3. The van der Waals surface area contributed by atoms with Crippen molar-refractivity contribution < 1.29 is 4.79 Å². The number of carbonyl (C=O) groups is 1. The Morgan fingerprint density at radius 2 is 2.45 bits per heavy atom. The van der Waals surface area contributed by atoms with Gasteiger partial charge in [-0.15, -0.1) is 0 Å². The molecule has 1 atom stereocenters. The Morgan fingerprint density at radius 3 is 2.91 bits per heavy atom. The molecule has 1 rings (SSSR count). The van der Waals surface area contributed by atoms with Crippen LogP contribution in [0.25, 0.3) is 0 Å². The maximum atomic E-state index is 11.3. The molecular weight excluding hydrogens is 140 g/mol. The van der Waals surface area contributed by atoms with Crippen molar-refractivity contribution in [2.75, 3.05) is 20.1 Å². The van der Waals surface area contributed by atoms with Crippen molar-refractivity contribution >= 4 is 5.91 Å². The highest BCUT2D eigenvalue weighted by molar-refractivity contribution is 5.77. The van der Waals surface area contributed by atoms with Gasteiger partial charge in [0.1, 0.15) is 0 Å². The van der Waals surface area contributed by atoms with E-state index >= 15 is 0 Å². The molecule has 0 radical (unpaired) electrons. The van der Waals surface area contributed by atoms with Crippen LogP contribution in [0, 0.1) is 0 Å². The van der Waals surface area contributed by atoms with Crippen LogP contribution in [0.15, 0.2) is 0 Å². The second-order valence-corrected chi connectivity index (χ2v) is 2.95. The number of amides is 1. The highest BCUT2D eigenvalue weighted by Gasteiger charge is 2.22. The van der Waals surface area contributed by atoms with Crippen molar-refractivity contribution in [3.63, 3.8) is 0 Å². The molecule has 0 aromatic carbocycles. The Labute approximate surface area is 67.8 Å². The number of rotatable bonds is 2. The molecule has 0 aromatic heterocycles. The Bertz CT molecular complexity index is 147. The van der Waals surface area contributed by atoms with Crippen LogP contribution < -0.4 is 5.32 Å². The van der Waals surface area contributed by atoms with E-state index in [4.69, 9.17) is 0 Å². The molecule has 3 nitrogen and oxygen atoms in total. The Hall–Kier alpha value is -0.570. The van der Waals surface area contributed by atoms with Gasteiger partial charge in [0.05, 0.1) is 0 Å². The van der Waals surface area contributed by atoms with Gasteiger partial charge in [-0.2, -0.15) is 0 Å². The van der Waals surface area contributed by atoms with E-state index in [-0.39, 0.29) is 5.91 Å². The molecule has 11 heavy (non-hydrogen) atoms. The average molecular weight is 156 g/mol. The summed E-state index contributed by atoms with van der Waals surface area (Å²) in [7, 11) is 1.92. The molecule has 1 fully saturated rings. The van der Waals surface area contributed by atoms with Gasteiger partial charge in [0, 0.05) is 25.6 Å². The minimum absolute atomic E-state index is 0.290. The van der Waals surface area contributed by atoms with Gasteiger partial charge in [-0.25, -0.2) is 0 Å². The third-order valence-electron chi connectivity index (χ3n) is 2.31. The van der Waals surface area contributed by atoms with Gasteiger partial charge in [0.15, 0.2) is 0 Å². The van der Waals surface area contributed by atoms with E-state index in [2.05, 4.69) is 5.32 Å². The Kier molecular flexibility index (Phi) is 2.88. The summed E-state index contributed by atoms with van der Waals surface area (Å²) < 4.78 is 0. The molecule has 0 saturated carbocycles. The quantitative estimate of drug-likeness (QED) is 0.620. The van der Waals surface area contributed by atoms with Gasteiger partial charge in [-0.1, -0.05) is 0 Å². The summed E-state index contributed by atoms with van der Waals surface area (Å²) in [6.45, 7) is 3.80. The lowest BCUT2D eigenvalue weighted by atomic mass is 10.1. The fourth-order valence-corrected chi connectivity index (χ4v) is 1.46. The molecule has 64 valence electrons. The van der Waals surface area contributed by atoms with Crippen molar-refractivity contribution in [2.45, 2.75) is 25.8 Å². The van der Waals surface area contributed by atoms with Gasteiger partial charge >= 0.3 is 0 Å². The summed E-state index contributed by atoms with van der Waals surface area (Å²) in [6.07, 6.45) is 1.76. The summed E-state index contributed by atoms with van der Waals surface area (Å²) in [5, 5.41) is 3.13. The topological polar surface area (TPSA) is 32.3 Å². The standard InChI is InChI=1S/C8H16N2O/c1-3-10-5-4-7(9-2)6-8(10)11/h7,9H,3-6H2,1-2H3. The molecule has 1 heterocycles. The number of carbonyl (C=O) groups excluding carboxylic acids is 1. The van der Waals surface area contributed by atoms with Crippen LogP contribution in [0.3, 0.4) is 0 Å². The fraction of sp³-hybridized carbons (Fsp3) is 0.875. The molecule has 1 saturated heterocycles. The predicted molar refractivity (Wildman–Crippen MR) is 44.3 cm³/mol. The van der Waals surface area contributed by atoms with Crippen LogP contribution in [0.2, 0.25) is 0 Å². The van der Waals surface area contributed by atoms with Crippen LogP contribution in [-0.4, -0.2) is 37.0 Å². The zero-order chi connectivity index (χ0) is 8.27. The smallest absolute Gasteiger partial charge is 0.224 e. The van der Waals surface area contributed by atoms with Crippen molar-refractivity contribution in [3.05, 3.63) is 0 Å². The zero-order valence-electron chi connectivity index (χ0n) is 7.26. The Morgan fingerprint density at radius 1 is 1.73 bits per heavy atom. The predicted octanol–water partition coefficient (Wildman–Crippen LogP) is 0.217. The lowest BCUT2D eigenvalue weighted by Crippen LogP contribution is -2.44. The van der Waals surface area contributed by atoms with Crippen LogP contribution >= 0.6 is 0 Å². The van der Waals surface area contributed by atoms with Crippen molar-refractivity contribution in [2.24, 2.45) is 0 Å². The minimum atomic E-state index is 0.290. The summed E-state index contributed by atoms with van der Waals surface area (Å²) in [6, 6.07) is 0.408. The van der Waals surface area contributed by atoms with Crippen LogP contribution in [0.1, 0.15) is 19.8 Å². The molecule has 1 unspecified atom stereocenters. The summed E-state index contributed by atoms with van der Waals surface area (Å²) >= 11 is 0. The van der Waals surface area contributed by atoms with E-state index in [1.54, 1.807) is 0 Å². The van der Waals surface area contributed by atoms with E-state index in [9.17, 15) is 4.79 Å². The maximum Gasteiger partial charge on any atom is 0.224 e. The number of likely N-dealkylation sites (tertiary alicyclic amines) is 1. The van der Waals surface area contributed by atoms with Gasteiger partial charge in [-0.05, 0) is 20.4 Å². The molecule has 0 aliphatic carbocycles. The second kappa shape index (κ2) is 3.72. The molecule has 1 aliphatic rings. The Balaban J connectivity index is 2.41. The molecule has 0 bridgehead atoms. The molecule has 0 spiro atoms. The third kappa shape index (κ3) is 1.93. The summed E-state index contributed by atoms with van der Waals surface area (Å²) in [5.41, 5.74) is 0. The molecule has 1 amide bonds. The molecule has 0 aromatic rings. The largest absolute Gasteiger partial charge is 0.343 e. The van der Waals surface area contributed by atoms with Crippen molar-refractivity contribution in [3.8, 4) is 0 Å². The number of nitrogens with one attached hydrogen (secondary N) is 1. The van der Waals surface area contributed by atoms with Gasteiger partial charge in [-0.3, -0.25) is 4.79 Å². The van der Waals surface area contributed by atoms with E-state index in [1.807, 2.05) is 18.9 Å². The third-order valence-corrected chi connectivity index (χ3v) is 2.31. The fourth-order valence-electron chi connectivity index (χ4n) is 1.46. The van der Waals surface area contributed by atoms with Crippen LogP contribution in [0.4, 0.5) is 0 Å². The number of hydrogen-bond acceptors (Lipinski definition) is 2. The summed E-state index contributed by atoms with van der Waals surface area (Å²) in [5.74, 6) is 0.290. The average Bonchev–Trinajstić information content (AvgIpc) is 2.04. The van der Waals surface area contributed by atoms with E-state index < -0.39 is 0 Å². The lowest BCUT2D eigenvalue weighted by molar-refractivity contribution is -0.133. The zero-order valence-corrected chi connectivity index (χ0v) is 7.26. The van der Waals surface area contributed by atoms with Crippen LogP contribution in [-0.2, 0) is 4.79 Å². The van der Waals surface area contributed by atoms with Gasteiger partial charge in [0.2, 0.25) is 5.91 Å². The van der Waals surface area contributed by atoms with E-state index in [0.29, 0.717) is 12.5 Å². The van der Waals surface area contributed by atoms with Crippen LogP contribution in [0.5, 0.6) is 0 Å². The first kappa shape index (κ1) is 8.53. The van der Waals surface area contributed by atoms with Crippen molar-refractivity contribution in [1.82, 2.24) is 10.2 Å². The van der Waals surface area contributed by atoms with E-state index in [0.717, 1.165) is 19.5 Å². The monoisotopic (exact) mass is 156 g/mol. The first-order valence-electron chi connectivity index (χ1n) is 4.23. The number of piperidine rings is 1. The molecular formula is C8H16N2O. The molecule has 3 heteroatoms. The molecule has 1 aliphatic heterocycles. The SMILES string of the molecule is CCN1CCC(NC)CC1=O. The van der Waals surface area contributed by atoms with E-state index in [1.165, 1.54) is 0 Å². The van der Waals surface area contributed by atoms with Gasteiger partial charge in [0.25, 0.3) is 0 Å². The number of hydrogen-bond donors (Lipinski definition) is 1. The number of nitrogens with zero attached hydrogens (tertiary/aromatic N) is 1. The van der Waals surface area contributed by atoms with Gasteiger partial charge < -0.3 is 10.2 Å². The molecule has 1 N–H and O–H groups in total. The summed E-state index contributed by atoms with van der Waals surface area (Å²) in [4.78, 5) is 13.2. The lowest BCUT2D eigenvalue weighted by Gasteiger charge is -2.30. The second-order valence-electron chi connectivity index (χ2n) is 2.95.